The number of nitrogens with zero attached hydrogens (tertiary/aromatic N) is 2. The second kappa shape index (κ2) is 7.15. The zero-order chi connectivity index (χ0) is 19.1. The molecule has 2 aromatic carbocycles. The van der Waals surface area contributed by atoms with Crippen LogP contribution in [0.3, 0.4) is 0 Å². The first-order valence-corrected chi connectivity index (χ1v) is 9.32. The number of aromatic nitrogens is 2. The average molecular weight is 425 g/mol. The van der Waals surface area contributed by atoms with Crippen LogP contribution < -0.4 is 10.9 Å². The third-order valence-corrected chi connectivity index (χ3v) is 5.54. The van der Waals surface area contributed by atoms with Gasteiger partial charge < -0.3 is 5.32 Å². The summed E-state index contributed by atoms with van der Waals surface area (Å²) in [7, 11) is 0. The van der Waals surface area contributed by atoms with Gasteiger partial charge in [0, 0.05) is 12.0 Å². The topological polar surface area (TPSA) is 46.9 Å². The minimum Gasteiger partial charge on any atom is -0.380 e. The van der Waals surface area contributed by atoms with Crippen LogP contribution in [0.1, 0.15) is 17.9 Å². The van der Waals surface area contributed by atoms with E-state index in [0.29, 0.717) is 10.7 Å². The molecule has 2 atom stereocenters. The van der Waals surface area contributed by atoms with Gasteiger partial charge in [-0.3, -0.25) is 4.79 Å². The lowest BCUT2D eigenvalue weighted by atomic mass is 10.1. The van der Waals surface area contributed by atoms with Gasteiger partial charge >= 0.3 is 0 Å². The highest BCUT2D eigenvalue weighted by molar-refractivity contribution is 6.41. The zero-order valence-electron chi connectivity index (χ0n) is 13.8. The van der Waals surface area contributed by atoms with Gasteiger partial charge in [-0.25, -0.2) is 4.39 Å². The molecule has 1 aliphatic carbocycles. The Bertz CT molecular complexity index is 1090. The van der Waals surface area contributed by atoms with Crippen molar-refractivity contribution in [3.05, 3.63) is 85.5 Å². The Morgan fingerprint density at radius 3 is 2.67 bits per heavy atom. The molecule has 1 N–H and O–H groups in total. The first-order valence-electron chi connectivity index (χ1n) is 8.19. The van der Waals surface area contributed by atoms with Gasteiger partial charge in [0.05, 0.1) is 27.6 Å². The van der Waals surface area contributed by atoms with E-state index in [4.69, 9.17) is 34.8 Å². The van der Waals surface area contributed by atoms with E-state index in [9.17, 15) is 9.18 Å². The summed E-state index contributed by atoms with van der Waals surface area (Å²) < 4.78 is 14.5. The number of halogens is 4. The van der Waals surface area contributed by atoms with Gasteiger partial charge in [-0.1, -0.05) is 46.9 Å². The van der Waals surface area contributed by atoms with E-state index in [1.165, 1.54) is 12.3 Å². The highest BCUT2D eigenvalue weighted by atomic mass is 35.5. The predicted molar refractivity (Wildman–Crippen MR) is 106 cm³/mol. The first kappa shape index (κ1) is 18.3. The van der Waals surface area contributed by atoms with Gasteiger partial charge in [0.2, 0.25) is 0 Å². The van der Waals surface area contributed by atoms with E-state index in [1.54, 1.807) is 30.3 Å². The molecule has 138 valence electrons. The molecule has 1 heterocycles. The summed E-state index contributed by atoms with van der Waals surface area (Å²) in [4.78, 5) is 12.2. The summed E-state index contributed by atoms with van der Waals surface area (Å²) in [6, 6.07) is 11.9. The van der Waals surface area contributed by atoms with Crippen molar-refractivity contribution in [2.24, 2.45) is 0 Å². The predicted octanol–water partition coefficient (Wildman–Crippen LogP) is 5.30. The Labute approximate surface area is 169 Å². The van der Waals surface area contributed by atoms with Crippen LogP contribution in [0.2, 0.25) is 15.1 Å². The fourth-order valence-electron chi connectivity index (χ4n) is 3.01. The Balaban J connectivity index is 1.54. The van der Waals surface area contributed by atoms with Gasteiger partial charge in [-0.2, -0.15) is 9.78 Å². The van der Waals surface area contributed by atoms with Gasteiger partial charge in [-0.15, -0.1) is 0 Å². The molecule has 1 fully saturated rings. The van der Waals surface area contributed by atoms with Crippen molar-refractivity contribution in [1.29, 1.82) is 0 Å². The van der Waals surface area contributed by atoms with Crippen molar-refractivity contribution in [1.82, 2.24) is 9.78 Å². The second-order valence-electron chi connectivity index (χ2n) is 6.34. The second-order valence-corrected chi connectivity index (χ2v) is 7.53. The number of hydrogen-bond donors (Lipinski definition) is 1. The summed E-state index contributed by atoms with van der Waals surface area (Å²) in [6.07, 6.45) is 2.20. The standard InChI is InChI=1S/C19H13Cl3FN3O/c20-14-7-12(26-19(27)18(22)15(21)9-24-26)4-5-16(14)25-17-8-13(17)10-2-1-3-11(23)6-10/h1-7,9,13,17,25H,8H2/t13-,17+/m0/s1. The molecule has 0 amide bonds. The third-order valence-electron chi connectivity index (χ3n) is 4.48. The maximum atomic E-state index is 13.4. The lowest BCUT2D eigenvalue weighted by Gasteiger charge is -2.11. The number of benzene rings is 2. The maximum absolute atomic E-state index is 13.4. The molecule has 4 nitrogen and oxygen atoms in total. The van der Waals surface area contributed by atoms with Crippen LogP contribution in [0, 0.1) is 5.82 Å². The fourth-order valence-corrected chi connectivity index (χ4v) is 3.49. The molecule has 27 heavy (non-hydrogen) atoms. The van der Waals surface area contributed by atoms with Crippen molar-refractivity contribution < 1.29 is 4.39 Å². The summed E-state index contributed by atoms with van der Waals surface area (Å²) in [6.45, 7) is 0. The molecule has 8 heteroatoms. The van der Waals surface area contributed by atoms with Crippen molar-refractivity contribution in [2.75, 3.05) is 5.32 Å². The largest absolute Gasteiger partial charge is 0.380 e. The molecule has 3 aromatic rings. The minimum atomic E-state index is -0.519. The van der Waals surface area contributed by atoms with Gasteiger partial charge in [-0.05, 0) is 42.3 Å². The van der Waals surface area contributed by atoms with Crippen LogP contribution in [0.15, 0.2) is 53.5 Å². The first-order chi connectivity index (χ1) is 12.9. The Morgan fingerprint density at radius 2 is 1.93 bits per heavy atom. The molecule has 1 aromatic heterocycles. The molecule has 4 rings (SSSR count). The molecule has 0 spiro atoms. The van der Waals surface area contributed by atoms with Crippen molar-refractivity contribution in [3.63, 3.8) is 0 Å². The van der Waals surface area contributed by atoms with Crippen molar-refractivity contribution in [3.8, 4) is 5.69 Å². The van der Waals surface area contributed by atoms with Crippen LogP contribution in [0.4, 0.5) is 10.1 Å². The van der Waals surface area contributed by atoms with E-state index in [0.717, 1.165) is 22.4 Å². The summed E-state index contributed by atoms with van der Waals surface area (Å²) in [5.41, 5.74) is 1.66. The van der Waals surface area contributed by atoms with E-state index >= 15 is 0 Å². The maximum Gasteiger partial charge on any atom is 0.291 e. The summed E-state index contributed by atoms with van der Waals surface area (Å²) in [5.74, 6) is 0.0101. The third kappa shape index (κ3) is 3.68. The van der Waals surface area contributed by atoms with Gasteiger partial charge in [0.25, 0.3) is 5.56 Å². The molecule has 0 radical (unpaired) electrons. The highest BCUT2D eigenvalue weighted by Gasteiger charge is 2.38. The van der Waals surface area contributed by atoms with Crippen LogP contribution >= 0.6 is 34.8 Å². The lowest BCUT2D eigenvalue weighted by molar-refractivity contribution is 0.625. The highest BCUT2D eigenvalue weighted by Crippen LogP contribution is 2.44. The Morgan fingerprint density at radius 1 is 1.11 bits per heavy atom. The number of nitrogens with one attached hydrogen (secondary N) is 1. The summed E-state index contributed by atoms with van der Waals surface area (Å²) >= 11 is 18.1. The van der Waals surface area contributed by atoms with Crippen LogP contribution in [-0.2, 0) is 0 Å². The number of anilines is 1. The normalized spacial score (nSPS) is 18.4. The smallest absolute Gasteiger partial charge is 0.291 e. The van der Waals surface area contributed by atoms with E-state index < -0.39 is 5.56 Å². The molecule has 0 bridgehead atoms. The molecule has 1 saturated carbocycles. The molecule has 0 unspecified atom stereocenters. The van der Waals surface area contributed by atoms with E-state index in [2.05, 4.69) is 10.4 Å². The molecular weight excluding hydrogens is 412 g/mol. The quantitative estimate of drug-likeness (QED) is 0.618. The monoisotopic (exact) mass is 423 g/mol. The summed E-state index contributed by atoms with van der Waals surface area (Å²) in [5, 5.41) is 7.78. The molecular formula is C19H13Cl3FN3O. The van der Waals surface area contributed by atoms with Crippen LogP contribution in [0.5, 0.6) is 0 Å². The Hall–Kier alpha value is -2.08. The number of rotatable bonds is 4. The molecule has 1 aliphatic rings. The Kier molecular flexibility index (Phi) is 4.84. The molecule has 0 saturated heterocycles. The van der Waals surface area contributed by atoms with Gasteiger partial charge in [0.1, 0.15) is 10.8 Å². The molecule has 0 aliphatic heterocycles. The number of hydrogen-bond acceptors (Lipinski definition) is 3. The van der Waals surface area contributed by atoms with Crippen LogP contribution in [0.25, 0.3) is 5.69 Å². The fraction of sp³-hybridized carbons (Fsp3) is 0.158. The van der Waals surface area contributed by atoms with Crippen molar-refractivity contribution in [2.45, 2.75) is 18.4 Å². The average Bonchev–Trinajstić information content (AvgIpc) is 3.41. The van der Waals surface area contributed by atoms with Crippen molar-refractivity contribution >= 4 is 40.5 Å². The zero-order valence-corrected chi connectivity index (χ0v) is 16.1. The van der Waals surface area contributed by atoms with E-state index in [-0.39, 0.29) is 27.8 Å². The lowest BCUT2D eigenvalue weighted by Crippen LogP contribution is -2.21. The van der Waals surface area contributed by atoms with Crippen LogP contribution in [-0.4, -0.2) is 15.8 Å². The van der Waals surface area contributed by atoms with E-state index in [1.807, 2.05) is 6.07 Å². The SMILES string of the molecule is O=c1c(Cl)c(Cl)cnn1-c1ccc(N[C@@H]2C[C@H]2c2cccc(F)c2)c(Cl)c1. The van der Waals surface area contributed by atoms with Gasteiger partial charge in [0.15, 0.2) is 0 Å². The minimum absolute atomic E-state index is 0.0964.